The molecule has 1 aromatic heterocycles. The molecule has 1 saturated heterocycles. The zero-order chi connectivity index (χ0) is 22.2. The highest BCUT2D eigenvalue weighted by atomic mass is 19.1. The number of hydrogen-bond donors (Lipinski definition) is 0. The molecule has 0 saturated carbocycles. The first kappa shape index (κ1) is 21.0. The molecule has 0 aliphatic carbocycles. The van der Waals surface area contributed by atoms with E-state index < -0.39 is 5.60 Å². The predicted molar refractivity (Wildman–Crippen MR) is 120 cm³/mol. The summed E-state index contributed by atoms with van der Waals surface area (Å²) < 4.78 is 18.9. The topological polar surface area (TPSA) is 58.6 Å². The number of anilines is 1. The van der Waals surface area contributed by atoms with Crippen LogP contribution in [0, 0.1) is 5.82 Å². The molecular weight excluding hydrogens is 395 g/mol. The Labute approximate surface area is 181 Å². The molecule has 2 heterocycles. The molecule has 0 bridgehead atoms. The molecule has 0 spiro atoms. The van der Waals surface area contributed by atoms with Crippen LogP contribution in [0.15, 0.2) is 48.5 Å². The van der Waals surface area contributed by atoms with Crippen LogP contribution >= 0.6 is 0 Å². The fourth-order valence-electron chi connectivity index (χ4n) is 3.89. The van der Waals surface area contributed by atoms with Gasteiger partial charge >= 0.3 is 6.09 Å². The molecule has 1 atom stereocenters. The largest absolute Gasteiger partial charge is 0.444 e. The maximum Gasteiger partial charge on any atom is 0.410 e. The molecule has 3 aromatic rings. The Bertz CT molecular complexity index is 1090. The summed E-state index contributed by atoms with van der Waals surface area (Å²) in [5, 5.41) is 11.0. The van der Waals surface area contributed by atoms with E-state index in [9.17, 15) is 9.18 Å². The van der Waals surface area contributed by atoms with Gasteiger partial charge in [-0.05, 0) is 52.0 Å². The molecule has 0 N–H and O–H groups in total. The van der Waals surface area contributed by atoms with Gasteiger partial charge < -0.3 is 14.5 Å². The van der Waals surface area contributed by atoms with Gasteiger partial charge in [0.1, 0.15) is 17.1 Å². The van der Waals surface area contributed by atoms with E-state index in [4.69, 9.17) is 4.74 Å². The van der Waals surface area contributed by atoms with E-state index in [0.717, 1.165) is 27.8 Å². The van der Waals surface area contributed by atoms with Crippen molar-refractivity contribution in [2.24, 2.45) is 0 Å². The zero-order valence-electron chi connectivity index (χ0n) is 18.3. The minimum Gasteiger partial charge on any atom is -0.444 e. The van der Waals surface area contributed by atoms with Crippen LogP contribution in [-0.4, -0.2) is 52.5 Å². The second-order valence-corrected chi connectivity index (χ2v) is 8.89. The number of halogens is 1. The summed E-state index contributed by atoms with van der Waals surface area (Å²) >= 11 is 0. The van der Waals surface area contributed by atoms with Gasteiger partial charge in [-0.15, -0.1) is 10.2 Å². The van der Waals surface area contributed by atoms with Crippen molar-refractivity contribution in [2.75, 3.05) is 24.5 Å². The molecular formula is C24H27FN4O2. The molecule has 6 nitrogen and oxygen atoms in total. The van der Waals surface area contributed by atoms with E-state index in [2.05, 4.69) is 22.0 Å². The van der Waals surface area contributed by atoms with Crippen molar-refractivity contribution in [3.05, 3.63) is 54.3 Å². The van der Waals surface area contributed by atoms with Crippen LogP contribution in [0.25, 0.3) is 22.0 Å². The van der Waals surface area contributed by atoms with E-state index in [1.165, 1.54) is 12.1 Å². The Hall–Kier alpha value is -3.22. The maximum absolute atomic E-state index is 13.4. The van der Waals surface area contributed by atoms with Crippen LogP contribution in [-0.2, 0) is 4.74 Å². The third kappa shape index (κ3) is 4.45. The van der Waals surface area contributed by atoms with Crippen LogP contribution < -0.4 is 4.90 Å². The number of carbonyl (C=O) groups excluding carboxylic acids is 1. The molecule has 1 aliphatic rings. The van der Waals surface area contributed by atoms with Crippen LogP contribution in [0.1, 0.15) is 27.7 Å². The predicted octanol–water partition coefficient (Wildman–Crippen LogP) is 4.88. The number of aromatic nitrogens is 2. The monoisotopic (exact) mass is 422 g/mol. The third-order valence-electron chi connectivity index (χ3n) is 5.34. The molecule has 0 radical (unpaired) electrons. The summed E-state index contributed by atoms with van der Waals surface area (Å²) in [4.78, 5) is 16.4. The fourth-order valence-corrected chi connectivity index (χ4v) is 3.89. The number of nitrogens with zero attached hydrogens (tertiary/aromatic N) is 4. The summed E-state index contributed by atoms with van der Waals surface area (Å²) in [6, 6.07) is 14.3. The van der Waals surface area contributed by atoms with Crippen LogP contribution in [0.5, 0.6) is 0 Å². The van der Waals surface area contributed by atoms with Gasteiger partial charge in [-0.3, -0.25) is 0 Å². The maximum atomic E-state index is 13.4. The second-order valence-electron chi connectivity index (χ2n) is 8.89. The molecule has 31 heavy (non-hydrogen) atoms. The first-order valence-corrected chi connectivity index (χ1v) is 10.5. The Balaban J connectivity index is 1.63. The summed E-state index contributed by atoms with van der Waals surface area (Å²) in [6.45, 7) is 9.41. The zero-order valence-corrected chi connectivity index (χ0v) is 18.3. The third-order valence-corrected chi connectivity index (χ3v) is 5.34. The van der Waals surface area contributed by atoms with E-state index >= 15 is 0 Å². The number of carbonyl (C=O) groups is 1. The average molecular weight is 423 g/mol. The Morgan fingerprint density at radius 1 is 1.03 bits per heavy atom. The smallest absolute Gasteiger partial charge is 0.410 e. The summed E-state index contributed by atoms with van der Waals surface area (Å²) in [6.07, 6.45) is -0.290. The second kappa shape index (κ2) is 8.13. The van der Waals surface area contributed by atoms with Gasteiger partial charge in [0.2, 0.25) is 0 Å². The Morgan fingerprint density at radius 2 is 1.71 bits per heavy atom. The number of ether oxygens (including phenoxy) is 1. The van der Waals surface area contributed by atoms with Crippen molar-refractivity contribution >= 4 is 22.7 Å². The Morgan fingerprint density at radius 3 is 2.35 bits per heavy atom. The molecule has 4 rings (SSSR count). The van der Waals surface area contributed by atoms with E-state index in [-0.39, 0.29) is 18.0 Å². The van der Waals surface area contributed by atoms with Crippen molar-refractivity contribution in [2.45, 2.75) is 39.3 Å². The molecule has 2 aromatic carbocycles. The van der Waals surface area contributed by atoms with E-state index in [1.807, 2.05) is 45.0 Å². The number of hydrogen-bond acceptors (Lipinski definition) is 5. The van der Waals surface area contributed by atoms with Crippen LogP contribution in [0.4, 0.5) is 15.0 Å². The van der Waals surface area contributed by atoms with Crippen molar-refractivity contribution in [3.8, 4) is 11.3 Å². The summed E-state index contributed by atoms with van der Waals surface area (Å²) in [5.74, 6) is 0.507. The van der Waals surface area contributed by atoms with E-state index in [1.54, 1.807) is 17.0 Å². The van der Waals surface area contributed by atoms with Gasteiger partial charge in [-0.25, -0.2) is 9.18 Å². The van der Waals surface area contributed by atoms with Gasteiger partial charge in [0.25, 0.3) is 0 Å². The highest BCUT2D eigenvalue weighted by Crippen LogP contribution is 2.33. The summed E-state index contributed by atoms with van der Waals surface area (Å²) in [7, 11) is 0. The molecule has 7 heteroatoms. The highest BCUT2D eigenvalue weighted by molar-refractivity contribution is 6.00. The fraction of sp³-hybridized carbons (Fsp3) is 0.375. The molecule has 0 unspecified atom stereocenters. The SMILES string of the molecule is C[C@H]1CN(C(=O)OC(C)(C)C)CCN1c1nnc(-c2ccc(F)cc2)c2ccccc12. The van der Waals surface area contributed by atoms with Gasteiger partial charge in [0.15, 0.2) is 5.82 Å². The minimum atomic E-state index is -0.519. The average Bonchev–Trinajstić information content (AvgIpc) is 2.73. The molecule has 1 amide bonds. The lowest BCUT2D eigenvalue weighted by molar-refractivity contribution is 0.0218. The van der Waals surface area contributed by atoms with E-state index in [0.29, 0.717) is 19.6 Å². The van der Waals surface area contributed by atoms with Crippen molar-refractivity contribution in [1.82, 2.24) is 15.1 Å². The molecule has 1 aliphatic heterocycles. The molecule has 162 valence electrons. The van der Waals surface area contributed by atoms with Gasteiger partial charge in [0.05, 0.1) is 0 Å². The minimum absolute atomic E-state index is 0.0515. The number of benzene rings is 2. The normalized spacial score (nSPS) is 17.1. The van der Waals surface area contributed by atoms with Gasteiger partial charge in [-0.1, -0.05) is 24.3 Å². The number of fused-ring (bicyclic) bond motifs is 1. The highest BCUT2D eigenvalue weighted by Gasteiger charge is 2.31. The van der Waals surface area contributed by atoms with Gasteiger partial charge in [-0.2, -0.15) is 0 Å². The standard InChI is InChI=1S/C24H27FN4O2/c1-16-15-28(23(30)31-24(2,3)4)13-14-29(16)22-20-8-6-5-7-19(20)21(26-27-22)17-9-11-18(25)12-10-17/h5-12,16H,13-15H2,1-4H3/t16-/m0/s1. The summed E-state index contributed by atoms with van der Waals surface area (Å²) in [5.41, 5.74) is 1.02. The lowest BCUT2D eigenvalue weighted by Crippen LogP contribution is -2.55. The van der Waals surface area contributed by atoms with Crippen LogP contribution in [0.3, 0.4) is 0 Å². The number of amides is 1. The number of rotatable bonds is 2. The van der Waals surface area contributed by atoms with Crippen molar-refractivity contribution < 1.29 is 13.9 Å². The molecule has 1 fully saturated rings. The van der Waals surface area contributed by atoms with Crippen molar-refractivity contribution in [3.63, 3.8) is 0 Å². The first-order valence-electron chi connectivity index (χ1n) is 10.5. The Kier molecular flexibility index (Phi) is 5.52. The lowest BCUT2D eigenvalue weighted by atomic mass is 10.0. The van der Waals surface area contributed by atoms with Crippen LogP contribution in [0.2, 0.25) is 0 Å². The van der Waals surface area contributed by atoms with Gasteiger partial charge in [0, 0.05) is 42.0 Å². The lowest BCUT2D eigenvalue weighted by Gasteiger charge is -2.41. The quantitative estimate of drug-likeness (QED) is 0.589. The van der Waals surface area contributed by atoms with Crippen molar-refractivity contribution in [1.29, 1.82) is 0 Å². The number of piperazine rings is 1. The first-order chi connectivity index (χ1) is 14.7.